The van der Waals surface area contributed by atoms with Crippen molar-refractivity contribution in [3.05, 3.63) is 24.0 Å². The van der Waals surface area contributed by atoms with E-state index in [-0.39, 0.29) is 12.5 Å². The highest BCUT2D eigenvalue weighted by atomic mass is 16.3. The number of amides is 1. The molecule has 23 heavy (non-hydrogen) atoms. The number of fused-ring (bicyclic) bond motifs is 1. The van der Waals surface area contributed by atoms with Gasteiger partial charge in [0.2, 0.25) is 0 Å². The van der Waals surface area contributed by atoms with Crippen LogP contribution in [0.2, 0.25) is 0 Å². The Kier molecular flexibility index (Phi) is 5.53. The van der Waals surface area contributed by atoms with Gasteiger partial charge in [0.05, 0.1) is 11.3 Å². The summed E-state index contributed by atoms with van der Waals surface area (Å²) in [5, 5.41) is 14.7. The van der Waals surface area contributed by atoms with Gasteiger partial charge in [-0.2, -0.15) is 0 Å². The lowest BCUT2D eigenvalue weighted by molar-refractivity contribution is -0.122. The van der Waals surface area contributed by atoms with E-state index in [9.17, 15) is 4.79 Å². The minimum atomic E-state index is -0.459. The molecular weight excluding hydrogens is 298 g/mol. The van der Waals surface area contributed by atoms with E-state index in [0.717, 1.165) is 36.2 Å². The first kappa shape index (κ1) is 16.8. The quantitative estimate of drug-likeness (QED) is 0.531. The molecule has 8 heteroatoms. The zero-order valence-electron chi connectivity index (χ0n) is 12.9. The molecule has 0 aliphatic carbocycles. The number of nitrogens with one attached hydrogen (secondary N) is 3. The number of aromatic nitrogens is 2. The molecule has 0 radical (unpaired) electrons. The van der Waals surface area contributed by atoms with Crippen LogP contribution >= 0.6 is 0 Å². The van der Waals surface area contributed by atoms with E-state index in [4.69, 9.17) is 15.6 Å². The Balaban J connectivity index is 0.000000595. The molecule has 2 atom stereocenters. The van der Waals surface area contributed by atoms with Crippen molar-refractivity contribution < 1.29 is 14.7 Å². The fourth-order valence-corrected chi connectivity index (χ4v) is 2.72. The molecule has 3 rings (SSSR count). The monoisotopic (exact) mass is 319 g/mol. The van der Waals surface area contributed by atoms with Crippen LogP contribution in [0.25, 0.3) is 11.0 Å². The second kappa shape index (κ2) is 7.59. The van der Waals surface area contributed by atoms with Gasteiger partial charge < -0.3 is 26.5 Å². The molecule has 2 aromatic heterocycles. The summed E-state index contributed by atoms with van der Waals surface area (Å²) in [7, 11) is 0. The molecule has 0 aromatic carbocycles. The Morgan fingerprint density at radius 1 is 1.57 bits per heavy atom. The number of pyridine rings is 1. The number of carbonyl (C=O) groups is 2. The van der Waals surface area contributed by atoms with Crippen molar-refractivity contribution in [1.29, 1.82) is 0 Å². The summed E-state index contributed by atoms with van der Waals surface area (Å²) in [5.74, 6) is 0.0821. The first-order chi connectivity index (χ1) is 11.1. The van der Waals surface area contributed by atoms with Crippen molar-refractivity contribution in [2.24, 2.45) is 11.7 Å². The average molecular weight is 319 g/mol. The molecule has 0 spiro atoms. The van der Waals surface area contributed by atoms with Crippen LogP contribution in [0, 0.1) is 5.92 Å². The van der Waals surface area contributed by atoms with Crippen molar-refractivity contribution in [1.82, 2.24) is 15.3 Å². The van der Waals surface area contributed by atoms with Crippen LogP contribution in [0.3, 0.4) is 0 Å². The van der Waals surface area contributed by atoms with E-state index in [0.29, 0.717) is 11.5 Å². The lowest BCUT2D eigenvalue weighted by atomic mass is 9.94. The van der Waals surface area contributed by atoms with Crippen LogP contribution in [0.1, 0.15) is 23.7 Å². The molecule has 0 unspecified atom stereocenters. The van der Waals surface area contributed by atoms with Crippen LogP contribution in [-0.2, 0) is 4.79 Å². The molecule has 8 nitrogen and oxygen atoms in total. The number of hydrogen-bond donors (Lipinski definition) is 5. The number of nitrogens with two attached hydrogens (primary N) is 1. The molecule has 1 aliphatic heterocycles. The zero-order chi connectivity index (χ0) is 16.8. The number of nitrogens with zero attached hydrogens (tertiary/aromatic N) is 1. The van der Waals surface area contributed by atoms with Crippen molar-refractivity contribution in [3.8, 4) is 0 Å². The molecule has 124 valence electrons. The van der Waals surface area contributed by atoms with E-state index < -0.39 is 5.91 Å². The lowest BCUT2D eigenvalue weighted by Crippen LogP contribution is -2.44. The van der Waals surface area contributed by atoms with Crippen molar-refractivity contribution in [2.75, 3.05) is 18.4 Å². The fourth-order valence-electron chi connectivity index (χ4n) is 2.72. The minimum absolute atomic E-state index is 0.250. The second-order valence-corrected chi connectivity index (χ2v) is 5.48. The van der Waals surface area contributed by atoms with Gasteiger partial charge >= 0.3 is 0 Å². The zero-order valence-corrected chi connectivity index (χ0v) is 12.9. The third-order valence-corrected chi connectivity index (χ3v) is 4.01. The number of carboxylic acid groups (broad SMARTS) is 1. The van der Waals surface area contributed by atoms with Gasteiger partial charge in [-0.25, -0.2) is 4.98 Å². The summed E-state index contributed by atoms with van der Waals surface area (Å²) in [6.07, 6.45) is 4.46. The number of rotatable bonds is 3. The predicted octanol–water partition coefficient (Wildman–Crippen LogP) is 0.773. The molecule has 0 bridgehead atoms. The second-order valence-electron chi connectivity index (χ2n) is 5.48. The first-order valence-corrected chi connectivity index (χ1v) is 7.39. The summed E-state index contributed by atoms with van der Waals surface area (Å²) in [6, 6.07) is 2.19. The van der Waals surface area contributed by atoms with Crippen LogP contribution < -0.4 is 16.4 Å². The average Bonchev–Trinajstić information content (AvgIpc) is 2.99. The van der Waals surface area contributed by atoms with Crippen LogP contribution in [0.15, 0.2) is 18.5 Å². The van der Waals surface area contributed by atoms with Crippen LogP contribution in [0.4, 0.5) is 5.69 Å². The minimum Gasteiger partial charge on any atom is -0.483 e. The number of piperidine rings is 1. The van der Waals surface area contributed by atoms with E-state index in [1.165, 1.54) is 6.20 Å². The van der Waals surface area contributed by atoms with Gasteiger partial charge in [-0.15, -0.1) is 0 Å². The SMILES string of the molecule is C[C@@H]1CCNC[C@@H]1Nc1c(C(N)=O)cnc2[nH]ccc12.O=CO. The molecule has 3 heterocycles. The smallest absolute Gasteiger partial charge is 0.290 e. The third-order valence-electron chi connectivity index (χ3n) is 4.01. The summed E-state index contributed by atoms with van der Waals surface area (Å²) < 4.78 is 0. The predicted molar refractivity (Wildman–Crippen MR) is 87.4 cm³/mol. The van der Waals surface area contributed by atoms with Gasteiger partial charge in [-0.1, -0.05) is 6.92 Å². The Labute approximate surface area is 133 Å². The maximum atomic E-state index is 11.6. The van der Waals surface area contributed by atoms with E-state index in [1.807, 2.05) is 12.3 Å². The molecular formula is C15H21N5O3. The Morgan fingerprint density at radius 2 is 2.30 bits per heavy atom. The number of hydrogen-bond acceptors (Lipinski definition) is 5. The summed E-state index contributed by atoms with van der Waals surface area (Å²) in [5.41, 5.74) is 7.45. The van der Waals surface area contributed by atoms with Gasteiger partial charge in [0, 0.05) is 30.4 Å². The summed E-state index contributed by atoms with van der Waals surface area (Å²) in [6.45, 7) is 3.89. The van der Waals surface area contributed by atoms with Crippen LogP contribution in [0.5, 0.6) is 0 Å². The molecule has 6 N–H and O–H groups in total. The normalized spacial score (nSPS) is 20.4. The van der Waals surface area contributed by atoms with Gasteiger partial charge in [0.15, 0.2) is 0 Å². The van der Waals surface area contributed by atoms with E-state index in [2.05, 4.69) is 27.5 Å². The van der Waals surface area contributed by atoms with Gasteiger partial charge in [-0.05, 0) is 24.9 Å². The van der Waals surface area contributed by atoms with Gasteiger partial charge in [-0.3, -0.25) is 9.59 Å². The highest BCUT2D eigenvalue weighted by Crippen LogP contribution is 2.27. The number of aromatic amines is 1. The highest BCUT2D eigenvalue weighted by Gasteiger charge is 2.23. The third kappa shape index (κ3) is 3.78. The van der Waals surface area contributed by atoms with Crippen molar-refractivity contribution >= 4 is 29.1 Å². The van der Waals surface area contributed by atoms with Gasteiger partial charge in [0.25, 0.3) is 12.4 Å². The largest absolute Gasteiger partial charge is 0.483 e. The molecule has 1 fully saturated rings. The van der Waals surface area contributed by atoms with E-state index in [1.54, 1.807) is 0 Å². The Morgan fingerprint density at radius 3 is 2.96 bits per heavy atom. The lowest BCUT2D eigenvalue weighted by Gasteiger charge is -2.31. The Hall–Kier alpha value is -2.61. The van der Waals surface area contributed by atoms with Crippen molar-refractivity contribution in [3.63, 3.8) is 0 Å². The topological polar surface area (TPSA) is 133 Å². The number of primary amides is 1. The van der Waals surface area contributed by atoms with E-state index >= 15 is 0 Å². The number of carbonyl (C=O) groups excluding carboxylic acids is 1. The molecule has 1 amide bonds. The molecule has 1 saturated heterocycles. The molecule has 2 aromatic rings. The summed E-state index contributed by atoms with van der Waals surface area (Å²) >= 11 is 0. The Bertz CT molecular complexity index is 685. The molecule has 1 aliphatic rings. The maximum Gasteiger partial charge on any atom is 0.290 e. The van der Waals surface area contributed by atoms with Crippen LogP contribution in [-0.4, -0.2) is 46.6 Å². The first-order valence-electron chi connectivity index (χ1n) is 7.39. The maximum absolute atomic E-state index is 11.6. The molecule has 0 saturated carbocycles. The standard InChI is InChI=1S/C14H19N5O.CH2O2/c1-8-2-4-16-7-11(8)19-12-9-3-5-17-14(9)18-6-10(12)13(15)20;2-1-3/h3,5-6,8,11,16H,2,4,7H2,1H3,(H2,15,20)(H2,17,18,19);1H,(H,2,3)/t8-,11+;/m1./s1. The fraction of sp³-hybridized carbons (Fsp3) is 0.400. The van der Waals surface area contributed by atoms with Crippen molar-refractivity contribution in [2.45, 2.75) is 19.4 Å². The summed E-state index contributed by atoms with van der Waals surface area (Å²) in [4.78, 5) is 27.3. The van der Waals surface area contributed by atoms with Gasteiger partial charge in [0.1, 0.15) is 5.65 Å². The number of H-pyrrole nitrogens is 1. The highest BCUT2D eigenvalue weighted by molar-refractivity contribution is 6.05. The number of anilines is 1.